The molecule has 9 nitrogen and oxygen atoms in total. The van der Waals surface area contributed by atoms with Crippen molar-refractivity contribution in [3.05, 3.63) is 26.9 Å². The number of nitrogens with one attached hydrogen (secondary N) is 1. The standard InChI is InChI=1S/C15H21BrN4O5/c1-9-7-19(8-10(2)25-9)13(15(21)24-3)6-17-12-4-11(16)5-18-14(12)20(22)23/h4-5,9-10,13,17H,6-8H2,1-3H3. The van der Waals surface area contributed by atoms with Crippen molar-refractivity contribution >= 4 is 33.4 Å². The number of nitro groups is 1. The predicted molar refractivity (Wildman–Crippen MR) is 94.5 cm³/mol. The molecule has 2 heterocycles. The lowest BCUT2D eigenvalue weighted by molar-refractivity contribution is -0.388. The summed E-state index contributed by atoms with van der Waals surface area (Å²) >= 11 is 3.24. The molecule has 1 N–H and O–H groups in total. The van der Waals surface area contributed by atoms with Gasteiger partial charge < -0.3 is 24.9 Å². The monoisotopic (exact) mass is 416 g/mol. The molecule has 1 aliphatic rings. The van der Waals surface area contributed by atoms with Crippen molar-refractivity contribution in [2.75, 3.05) is 32.1 Å². The van der Waals surface area contributed by atoms with E-state index < -0.39 is 16.9 Å². The summed E-state index contributed by atoms with van der Waals surface area (Å²) in [7, 11) is 1.33. The van der Waals surface area contributed by atoms with Gasteiger partial charge in [0.25, 0.3) is 0 Å². The number of halogens is 1. The molecule has 0 saturated carbocycles. The molecule has 1 aromatic rings. The zero-order valence-corrected chi connectivity index (χ0v) is 15.9. The molecule has 3 atom stereocenters. The first-order chi connectivity index (χ1) is 11.8. The number of hydrogen-bond acceptors (Lipinski definition) is 8. The van der Waals surface area contributed by atoms with Gasteiger partial charge in [0.05, 0.1) is 23.8 Å². The van der Waals surface area contributed by atoms with E-state index in [4.69, 9.17) is 9.47 Å². The van der Waals surface area contributed by atoms with Gasteiger partial charge in [-0.3, -0.25) is 9.69 Å². The summed E-state index contributed by atoms with van der Waals surface area (Å²) in [5.74, 6) is -0.699. The molecule has 138 valence electrons. The minimum atomic E-state index is -0.586. The number of methoxy groups -OCH3 is 1. The van der Waals surface area contributed by atoms with Gasteiger partial charge in [-0.15, -0.1) is 0 Å². The van der Waals surface area contributed by atoms with Crippen LogP contribution in [0.3, 0.4) is 0 Å². The lowest BCUT2D eigenvalue weighted by Crippen LogP contribution is -2.55. The highest BCUT2D eigenvalue weighted by atomic mass is 79.9. The molecule has 0 amide bonds. The highest BCUT2D eigenvalue weighted by Gasteiger charge is 2.33. The Balaban J connectivity index is 2.17. The normalized spacial score (nSPS) is 22.2. The third kappa shape index (κ3) is 5.10. The van der Waals surface area contributed by atoms with Gasteiger partial charge in [0, 0.05) is 19.6 Å². The van der Waals surface area contributed by atoms with Crippen LogP contribution in [-0.4, -0.2) is 65.8 Å². The first-order valence-electron chi connectivity index (χ1n) is 7.83. The Morgan fingerprint density at radius 1 is 1.56 bits per heavy atom. The number of morpholine rings is 1. The molecule has 0 spiro atoms. The molecule has 2 rings (SSSR count). The average Bonchev–Trinajstić information content (AvgIpc) is 2.53. The van der Waals surface area contributed by atoms with E-state index in [0.717, 1.165) is 0 Å². The maximum atomic E-state index is 12.2. The van der Waals surface area contributed by atoms with E-state index >= 15 is 0 Å². The van der Waals surface area contributed by atoms with E-state index in [1.54, 1.807) is 6.07 Å². The minimum absolute atomic E-state index is 0.0159. The second-order valence-corrected chi connectivity index (χ2v) is 6.83. The van der Waals surface area contributed by atoms with Crippen molar-refractivity contribution in [3.63, 3.8) is 0 Å². The maximum absolute atomic E-state index is 12.2. The molecule has 0 aliphatic carbocycles. The Morgan fingerprint density at radius 2 is 2.20 bits per heavy atom. The molecular formula is C15H21BrN4O5. The van der Waals surface area contributed by atoms with Gasteiger partial charge in [-0.2, -0.15) is 0 Å². The molecule has 0 radical (unpaired) electrons. The van der Waals surface area contributed by atoms with Crippen molar-refractivity contribution in [1.82, 2.24) is 9.88 Å². The van der Waals surface area contributed by atoms with Crippen LogP contribution in [0.5, 0.6) is 0 Å². The Bertz CT molecular complexity index is 634. The summed E-state index contributed by atoms with van der Waals surface area (Å²) in [5, 5.41) is 14.1. The molecular weight excluding hydrogens is 396 g/mol. The molecule has 1 aliphatic heterocycles. The van der Waals surface area contributed by atoms with E-state index in [9.17, 15) is 14.9 Å². The van der Waals surface area contributed by atoms with E-state index in [1.165, 1.54) is 13.3 Å². The van der Waals surface area contributed by atoms with Crippen LogP contribution in [0.25, 0.3) is 0 Å². The zero-order valence-electron chi connectivity index (χ0n) is 14.3. The number of nitrogens with zero attached hydrogens (tertiary/aromatic N) is 3. The molecule has 1 saturated heterocycles. The Hall–Kier alpha value is -1.78. The fourth-order valence-electron chi connectivity index (χ4n) is 2.88. The highest BCUT2D eigenvalue weighted by Crippen LogP contribution is 2.25. The summed E-state index contributed by atoms with van der Waals surface area (Å²) in [6.07, 6.45) is 1.32. The number of aromatic nitrogens is 1. The molecule has 10 heteroatoms. The van der Waals surface area contributed by atoms with Crippen LogP contribution in [0, 0.1) is 10.1 Å². The van der Waals surface area contributed by atoms with Crippen LogP contribution in [-0.2, 0) is 14.3 Å². The molecule has 0 aromatic carbocycles. The summed E-state index contributed by atoms with van der Waals surface area (Å²) in [6.45, 7) is 5.18. The van der Waals surface area contributed by atoms with Gasteiger partial charge in [-0.25, -0.2) is 0 Å². The van der Waals surface area contributed by atoms with Gasteiger partial charge in [0.1, 0.15) is 11.7 Å². The third-order valence-electron chi connectivity index (χ3n) is 3.85. The number of ether oxygens (including phenoxy) is 2. The molecule has 1 fully saturated rings. The van der Waals surface area contributed by atoms with Crippen molar-refractivity contribution in [1.29, 1.82) is 0 Å². The van der Waals surface area contributed by atoms with Crippen LogP contribution < -0.4 is 5.32 Å². The number of esters is 1. The second kappa shape index (κ2) is 8.54. The number of hydrogen-bond donors (Lipinski definition) is 1. The summed E-state index contributed by atoms with van der Waals surface area (Å²) < 4.78 is 11.2. The van der Waals surface area contributed by atoms with Crippen LogP contribution in [0.4, 0.5) is 11.5 Å². The molecule has 0 bridgehead atoms. The van der Waals surface area contributed by atoms with Crippen molar-refractivity contribution in [2.24, 2.45) is 0 Å². The van der Waals surface area contributed by atoms with Gasteiger partial charge >= 0.3 is 11.8 Å². The van der Waals surface area contributed by atoms with E-state index in [0.29, 0.717) is 17.6 Å². The minimum Gasteiger partial charge on any atom is -0.468 e. The Labute approximate surface area is 154 Å². The molecule has 3 unspecified atom stereocenters. The zero-order chi connectivity index (χ0) is 18.6. The van der Waals surface area contributed by atoms with Crippen LogP contribution in [0.2, 0.25) is 0 Å². The maximum Gasteiger partial charge on any atom is 0.386 e. The topological polar surface area (TPSA) is 107 Å². The number of rotatable bonds is 6. The van der Waals surface area contributed by atoms with Crippen LogP contribution in [0.15, 0.2) is 16.7 Å². The summed E-state index contributed by atoms with van der Waals surface area (Å²) in [6, 6.07) is 0.974. The molecule has 1 aromatic heterocycles. The predicted octanol–water partition coefficient (Wildman–Crippen LogP) is 1.81. The molecule has 25 heavy (non-hydrogen) atoms. The Kier molecular flexibility index (Phi) is 6.68. The fraction of sp³-hybridized carbons (Fsp3) is 0.600. The van der Waals surface area contributed by atoms with Crippen molar-refractivity contribution in [2.45, 2.75) is 32.1 Å². The number of carbonyl (C=O) groups is 1. The fourth-order valence-corrected chi connectivity index (χ4v) is 3.22. The van der Waals surface area contributed by atoms with E-state index in [1.807, 2.05) is 18.7 Å². The van der Waals surface area contributed by atoms with Gasteiger partial charge in [0.15, 0.2) is 6.20 Å². The highest BCUT2D eigenvalue weighted by molar-refractivity contribution is 9.10. The lowest BCUT2D eigenvalue weighted by Gasteiger charge is -2.39. The van der Waals surface area contributed by atoms with E-state index in [2.05, 4.69) is 26.2 Å². The third-order valence-corrected chi connectivity index (χ3v) is 4.29. The quantitative estimate of drug-likeness (QED) is 0.425. The van der Waals surface area contributed by atoms with Crippen molar-refractivity contribution < 1.29 is 19.2 Å². The summed E-state index contributed by atoms with van der Waals surface area (Å²) in [5.41, 5.74) is 0.239. The average molecular weight is 417 g/mol. The largest absolute Gasteiger partial charge is 0.468 e. The first kappa shape index (κ1) is 19.5. The van der Waals surface area contributed by atoms with Crippen LogP contribution >= 0.6 is 15.9 Å². The first-order valence-corrected chi connectivity index (χ1v) is 8.62. The van der Waals surface area contributed by atoms with Crippen LogP contribution in [0.1, 0.15) is 13.8 Å². The van der Waals surface area contributed by atoms with E-state index in [-0.39, 0.29) is 30.3 Å². The number of anilines is 1. The Morgan fingerprint density at radius 3 is 2.76 bits per heavy atom. The van der Waals surface area contributed by atoms with Gasteiger partial charge in [-0.1, -0.05) is 0 Å². The smallest absolute Gasteiger partial charge is 0.386 e. The van der Waals surface area contributed by atoms with Gasteiger partial charge in [0.2, 0.25) is 0 Å². The summed E-state index contributed by atoms with van der Waals surface area (Å²) in [4.78, 5) is 28.6. The van der Waals surface area contributed by atoms with Crippen molar-refractivity contribution in [3.8, 4) is 0 Å². The second-order valence-electron chi connectivity index (χ2n) is 5.91. The lowest BCUT2D eigenvalue weighted by atomic mass is 10.1. The van der Waals surface area contributed by atoms with Gasteiger partial charge in [-0.05, 0) is 45.8 Å². The SMILES string of the molecule is COC(=O)C(CNc1cc(Br)cnc1[N+](=O)[O-])N1CC(C)OC(C)C1. The number of pyridine rings is 1. The number of carbonyl (C=O) groups excluding carboxylic acids is 1.